The Kier molecular flexibility index (Phi) is 114. The third-order valence-electron chi connectivity index (χ3n) is 0. The van der Waals surface area contributed by atoms with Crippen molar-refractivity contribution in [1.82, 2.24) is 0 Å². The van der Waals surface area contributed by atoms with Gasteiger partial charge in [0.1, 0.15) is 0 Å². The molecular formula is H3CrGe3O6. The molecule has 1 radical (unpaired) electrons. The van der Waals surface area contributed by atoms with Crippen molar-refractivity contribution >= 4 is 47.1 Å². The summed E-state index contributed by atoms with van der Waals surface area (Å²) in [5, 5.41) is 0. The van der Waals surface area contributed by atoms with Crippen molar-refractivity contribution in [2.75, 3.05) is 0 Å². The van der Waals surface area contributed by atoms with Gasteiger partial charge in [-0.1, -0.05) is 0 Å². The Bertz CT molecular complexity index is 49.7. The van der Waals surface area contributed by atoms with Crippen molar-refractivity contribution in [2.45, 2.75) is 0 Å². The quantitative estimate of drug-likeness (QED) is 0.393. The molecular weight excluding hydrogens is 366 g/mol. The van der Waals surface area contributed by atoms with Gasteiger partial charge in [-0.05, 0) is 0 Å². The van der Waals surface area contributed by atoms with Gasteiger partial charge in [-0.15, -0.1) is 0 Å². The zero-order valence-corrected chi connectivity index (χ0v) is 13.1. The van der Waals surface area contributed by atoms with Crippen molar-refractivity contribution in [1.29, 1.82) is 0 Å². The summed E-state index contributed by atoms with van der Waals surface area (Å²) >= 11 is -6.56. The standard InChI is InChI=1S/Cr.3GeHO2/c;3*2-1-3/h;3*1H/q+3;3*-1. The van der Waals surface area contributed by atoms with Crippen LogP contribution in [0.3, 0.4) is 0 Å². The van der Waals surface area contributed by atoms with E-state index in [1.807, 2.05) is 0 Å². The van der Waals surface area contributed by atoms with Crippen LogP contribution in [0.2, 0.25) is 0 Å². The summed E-state index contributed by atoms with van der Waals surface area (Å²) in [6.45, 7) is 0. The molecule has 6 nitrogen and oxygen atoms in total. The van der Waals surface area contributed by atoms with Gasteiger partial charge in [-0.2, -0.15) is 0 Å². The Labute approximate surface area is 87.6 Å². The van der Waals surface area contributed by atoms with Gasteiger partial charge in [0.05, 0.1) is 0 Å². The summed E-state index contributed by atoms with van der Waals surface area (Å²) in [7, 11) is 0. The van der Waals surface area contributed by atoms with Crippen LogP contribution in [0, 0.1) is 0 Å². The van der Waals surface area contributed by atoms with E-state index in [1.165, 1.54) is 0 Å². The second-order valence-corrected chi connectivity index (χ2v) is 1.50. The van der Waals surface area contributed by atoms with Crippen LogP contribution in [-0.4, -0.2) is 47.1 Å². The van der Waals surface area contributed by atoms with Gasteiger partial charge in [-0.25, -0.2) is 0 Å². The molecule has 0 aromatic carbocycles. The molecule has 10 heteroatoms. The molecule has 0 spiro atoms. The van der Waals surface area contributed by atoms with E-state index in [2.05, 4.69) is 0 Å². The second-order valence-electron chi connectivity index (χ2n) is 0.289. The molecule has 0 amide bonds. The predicted octanol–water partition coefficient (Wildman–Crippen LogP) is -5.87. The molecule has 0 fully saturated rings. The molecule has 0 aromatic rings. The van der Waals surface area contributed by atoms with Gasteiger partial charge in [0.15, 0.2) is 0 Å². The van der Waals surface area contributed by atoms with E-state index in [9.17, 15) is 0 Å². The van der Waals surface area contributed by atoms with Crippen LogP contribution in [0.15, 0.2) is 0 Å². The molecule has 0 rings (SSSR count). The van der Waals surface area contributed by atoms with Crippen LogP contribution in [-0.2, 0) is 28.7 Å². The third-order valence-corrected chi connectivity index (χ3v) is 0. The topological polar surface area (TPSA) is 120 Å². The van der Waals surface area contributed by atoms with Gasteiger partial charge in [0.2, 0.25) is 0 Å². The molecule has 0 unspecified atom stereocenters. The van der Waals surface area contributed by atoms with Crippen molar-refractivity contribution in [3.63, 3.8) is 0 Å². The Morgan fingerprint density at radius 1 is 0.700 bits per heavy atom. The summed E-state index contributed by atoms with van der Waals surface area (Å²) < 4.78 is 51.2. The summed E-state index contributed by atoms with van der Waals surface area (Å²) in [5.41, 5.74) is 0. The average Bonchev–Trinajstić information content (AvgIpc) is 1.70. The van der Waals surface area contributed by atoms with Crippen LogP contribution in [0.1, 0.15) is 0 Å². The van der Waals surface area contributed by atoms with E-state index in [1.54, 1.807) is 0 Å². The van der Waals surface area contributed by atoms with Gasteiger partial charge in [0.25, 0.3) is 0 Å². The number of rotatable bonds is 0. The first-order valence-corrected chi connectivity index (χ1v) is 7.35. The molecule has 0 aromatic heterocycles. The zero-order chi connectivity index (χ0) is 8.12. The number of hydrogen-bond donors (Lipinski definition) is 0. The van der Waals surface area contributed by atoms with Gasteiger partial charge in [-0.3, -0.25) is 0 Å². The average molecular weight is 369 g/mol. The minimum absolute atomic E-state index is 0. The van der Waals surface area contributed by atoms with Gasteiger partial charge < -0.3 is 0 Å². The summed E-state index contributed by atoms with van der Waals surface area (Å²) in [6.07, 6.45) is 0. The van der Waals surface area contributed by atoms with Crippen LogP contribution in [0.4, 0.5) is 0 Å². The fourth-order valence-corrected chi connectivity index (χ4v) is 0. The molecule has 0 heterocycles. The first-order valence-electron chi connectivity index (χ1n) is 1.41. The molecule has 0 aliphatic rings. The second kappa shape index (κ2) is 51.0. The molecule has 0 N–H and O–H groups in total. The zero-order valence-electron chi connectivity index (χ0n) is 4.59. The maximum absolute atomic E-state index is 8.53. The van der Waals surface area contributed by atoms with Crippen molar-refractivity contribution in [3.8, 4) is 0 Å². The Morgan fingerprint density at radius 3 is 0.700 bits per heavy atom. The SMILES string of the molecule is [Cr+3].[O]=[GeH][O-].[O]=[GeH][O-].[O]=[GeH][O-]. The third kappa shape index (κ3) is 615. The van der Waals surface area contributed by atoms with Crippen LogP contribution < -0.4 is 12.4 Å². The normalized spacial score (nSPS) is 3.60. The Hall–Kier alpha value is 0.961. The molecule has 0 aliphatic carbocycles. The fourth-order valence-electron chi connectivity index (χ4n) is 0. The molecule has 57 valence electrons. The van der Waals surface area contributed by atoms with Crippen LogP contribution >= 0.6 is 0 Å². The molecule has 0 saturated heterocycles. The van der Waals surface area contributed by atoms with Crippen LogP contribution in [0.5, 0.6) is 0 Å². The predicted molar refractivity (Wildman–Crippen MR) is 23.5 cm³/mol. The Balaban J connectivity index is -0.0000000257. The Morgan fingerprint density at radius 2 is 0.700 bits per heavy atom. The first-order chi connectivity index (χ1) is 4.24. The van der Waals surface area contributed by atoms with Gasteiger partial charge in [0, 0.05) is 0 Å². The fraction of sp³-hybridized carbons (Fsp3) is 0. The maximum atomic E-state index is 8.53. The summed E-state index contributed by atoms with van der Waals surface area (Å²) in [4.78, 5) is 0. The molecule has 0 saturated carbocycles. The van der Waals surface area contributed by atoms with Crippen molar-refractivity contribution in [2.24, 2.45) is 0 Å². The van der Waals surface area contributed by atoms with Crippen molar-refractivity contribution in [3.05, 3.63) is 0 Å². The molecule has 0 atom stereocenters. The molecule has 10 heavy (non-hydrogen) atoms. The minimum atomic E-state index is -2.19. The van der Waals surface area contributed by atoms with Crippen LogP contribution in [0.25, 0.3) is 0 Å². The van der Waals surface area contributed by atoms with E-state index < -0.39 is 47.1 Å². The van der Waals surface area contributed by atoms with E-state index >= 15 is 0 Å². The van der Waals surface area contributed by atoms with E-state index in [0.29, 0.717) is 0 Å². The number of hydrogen-bond acceptors (Lipinski definition) is 6. The molecule has 0 aliphatic heterocycles. The van der Waals surface area contributed by atoms with Gasteiger partial charge >= 0.3 is 88.2 Å². The summed E-state index contributed by atoms with van der Waals surface area (Å²) in [6, 6.07) is 0. The van der Waals surface area contributed by atoms with E-state index in [-0.39, 0.29) is 17.4 Å². The summed E-state index contributed by atoms with van der Waals surface area (Å²) in [5.74, 6) is 0. The van der Waals surface area contributed by atoms with E-state index in [4.69, 9.17) is 23.7 Å². The monoisotopic (exact) mass is 373 g/mol. The first kappa shape index (κ1) is 22.4. The molecule has 0 bridgehead atoms. The van der Waals surface area contributed by atoms with Crippen molar-refractivity contribution < 1.29 is 41.1 Å². The van der Waals surface area contributed by atoms with E-state index in [0.717, 1.165) is 0 Å².